The summed E-state index contributed by atoms with van der Waals surface area (Å²) in [5.74, 6) is 0.110. The lowest BCUT2D eigenvalue weighted by atomic mass is 10.0. The van der Waals surface area contributed by atoms with Crippen molar-refractivity contribution < 1.29 is 23.8 Å². The molecule has 0 saturated heterocycles. The summed E-state index contributed by atoms with van der Waals surface area (Å²) in [5.41, 5.74) is 2.75. The number of fused-ring (bicyclic) bond motifs is 2. The van der Waals surface area contributed by atoms with E-state index in [0.29, 0.717) is 48.8 Å². The summed E-state index contributed by atoms with van der Waals surface area (Å²) in [4.78, 5) is 32.8. The first-order valence-electron chi connectivity index (χ1n) is 12.7. The number of amides is 2. The van der Waals surface area contributed by atoms with Gasteiger partial charge >= 0.3 is 6.09 Å². The number of nitrogens with zero attached hydrogens (tertiary/aromatic N) is 5. The molecular weight excluding hydrogens is 608 g/mol. The van der Waals surface area contributed by atoms with Crippen molar-refractivity contribution in [2.75, 3.05) is 18.5 Å². The summed E-state index contributed by atoms with van der Waals surface area (Å²) in [5, 5.41) is 21.8. The van der Waals surface area contributed by atoms with E-state index in [9.17, 15) is 14.0 Å². The van der Waals surface area contributed by atoms with Crippen LogP contribution in [0.2, 0.25) is 10.0 Å². The number of rotatable bonds is 9. The number of hydrogen-bond acceptors (Lipinski definition) is 7. The van der Waals surface area contributed by atoms with E-state index in [1.54, 1.807) is 52.7 Å². The van der Waals surface area contributed by atoms with Crippen molar-refractivity contribution in [3.8, 4) is 16.9 Å². The Morgan fingerprint density at radius 3 is 2.79 bits per heavy atom. The van der Waals surface area contributed by atoms with Crippen LogP contribution < -0.4 is 15.4 Å². The van der Waals surface area contributed by atoms with Crippen LogP contribution in [0.5, 0.6) is 5.75 Å². The van der Waals surface area contributed by atoms with Crippen LogP contribution in [-0.2, 0) is 17.8 Å². The van der Waals surface area contributed by atoms with Gasteiger partial charge in [-0.3, -0.25) is 14.8 Å². The van der Waals surface area contributed by atoms with Gasteiger partial charge in [-0.15, -0.1) is 11.3 Å². The molecule has 2 unspecified atom stereocenters. The van der Waals surface area contributed by atoms with E-state index >= 15 is 0 Å². The molecule has 6 rings (SSSR count). The van der Waals surface area contributed by atoms with Gasteiger partial charge in [0.1, 0.15) is 24.0 Å². The first kappa shape index (κ1) is 27.9. The number of imidazole rings is 1. The molecule has 2 aromatic carbocycles. The lowest BCUT2D eigenvalue weighted by Crippen LogP contribution is -2.28. The highest BCUT2D eigenvalue weighted by atomic mass is 35.5. The number of carbonyl (C=O) groups is 2. The number of aromatic nitrogens is 5. The van der Waals surface area contributed by atoms with Gasteiger partial charge in [-0.1, -0.05) is 35.3 Å². The largest absolute Gasteiger partial charge is 0.492 e. The zero-order chi connectivity index (χ0) is 29.4. The number of anilines is 1. The molecule has 4 heterocycles. The zero-order valence-electron chi connectivity index (χ0n) is 21.6. The summed E-state index contributed by atoms with van der Waals surface area (Å²) in [6.45, 7) is 0.496. The maximum absolute atomic E-state index is 14.3. The molecule has 216 valence electrons. The summed E-state index contributed by atoms with van der Waals surface area (Å²) in [7, 11) is 0. The van der Waals surface area contributed by atoms with Gasteiger partial charge in [0.05, 0.1) is 35.2 Å². The molecule has 2 atom stereocenters. The SMILES string of the molecule is O=C(O)NCCOc1ccc(-c2cc(Cl)c3cn(C(C(=O)Nc4nccs4)c4ncn5c4CC(F)C5)nc3c2Cl)cc1. The Labute approximate surface area is 251 Å². The lowest BCUT2D eigenvalue weighted by molar-refractivity contribution is -0.118. The second-order valence-electron chi connectivity index (χ2n) is 9.46. The third-order valence-electron chi connectivity index (χ3n) is 6.74. The van der Waals surface area contributed by atoms with Crippen LogP contribution in [0.1, 0.15) is 17.4 Å². The summed E-state index contributed by atoms with van der Waals surface area (Å²) < 4.78 is 23.0. The minimum absolute atomic E-state index is 0.137. The fraction of sp³-hybridized carbons (Fsp3) is 0.222. The van der Waals surface area contributed by atoms with Gasteiger partial charge in [-0.05, 0) is 23.8 Å². The third-order valence-corrected chi connectivity index (χ3v) is 8.12. The first-order chi connectivity index (χ1) is 20.3. The van der Waals surface area contributed by atoms with Crippen molar-refractivity contribution in [1.29, 1.82) is 0 Å². The van der Waals surface area contributed by atoms with Crippen molar-refractivity contribution in [2.45, 2.75) is 25.2 Å². The molecule has 11 nitrogen and oxygen atoms in total. The fourth-order valence-electron chi connectivity index (χ4n) is 4.87. The standard InChI is InChI=1S/C27H22Cl2FN7O4S/c28-19-10-17(14-1-3-16(4-2-14)41-7-5-32-27(39)40)21(29)22-18(19)12-37(35-22)24(25(38)34-26-31-6-8-42-26)23-20-9-15(30)11-36(20)13-33-23/h1-4,6,8,10,12-13,15,24,32H,5,7,9,11H2,(H,39,40)(H,31,34,38). The topological polar surface area (TPSA) is 136 Å². The second kappa shape index (κ2) is 11.6. The Morgan fingerprint density at radius 1 is 1.24 bits per heavy atom. The highest BCUT2D eigenvalue weighted by molar-refractivity contribution is 7.13. The van der Waals surface area contributed by atoms with Crippen LogP contribution in [0.3, 0.4) is 0 Å². The lowest BCUT2D eigenvalue weighted by Gasteiger charge is -2.16. The molecule has 0 fully saturated rings. The van der Waals surface area contributed by atoms with E-state index < -0.39 is 24.2 Å². The molecular formula is C27H22Cl2FN7O4S. The number of carboxylic acid groups (broad SMARTS) is 1. The van der Waals surface area contributed by atoms with Crippen molar-refractivity contribution in [1.82, 2.24) is 29.6 Å². The number of ether oxygens (including phenoxy) is 1. The van der Waals surface area contributed by atoms with Gasteiger partial charge in [0.25, 0.3) is 5.91 Å². The second-order valence-corrected chi connectivity index (χ2v) is 11.1. The monoisotopic (exact) mass is 629 g/mol. The smallest absolute Gasteiger partial charge is 0.404 e. The molecule has 42 heavy (non-hydrogen) atoms. The van der Waals surface area contributed by atoms with Crippen molar-refractivity contribution >= 4 is 62.6 Å². The first-order valence-corrected chi connectivity index (χ1v) is 14.4. The minimum atomic E-state index is -1.12. The van der Waals surface area contributed by atoms with Crippen LogP contribution in [0.4, 0.5) is 14.3 Å². The zero-order valence-corrected chi connectivity index (χ0v) is 24.0. The highest BCUT2D eigenvalue weighted by Crippen LogP contribution is 2.40. The van der Waals surface area contributed by atoms with Gasteiger partial charge in [-0.25, -0.2) is 19.2 Å². The average Bonchev–Trinajstić information content (AvgIpc) is 3.76. The molecule has 0 radical (unpaired) electrons. The quantitative estimate of drug-likeness (QED) is 0.185. The molecule has 1 aliphatic heterocycles. The van der Waals surface area contributed by atoms with Crippen molar-refractivity contribution in [2.24, 2.45) is 0 Å². The average molecular weight is 630 g/mol. The van der Waals surface area contributed by atoms with E-state index in [-0.39, 0.29) is 26.1 Å². The predicted molar refractivity (Wildman–Crippen MR) is 156 cm³/mol. The van der Waals surface area contributed by atoms with E-state index in [2.05, 4.69) is 20.6 Å². The van der Waals surface area contributed by atoms with Crippen LogP contribution in [0.15, 0.2) is 54.4 Å². The number of alkyl halides is 1. The van der Waals surface area contributed by atoms with E-state index in [1.807, 2.05) is 0 Å². The number of carbonyl (C=O) groups excluding carboxylic acids is 1. The molecule has 5 aromatic rings. The van der Waals surface area contributed by atoms with Gasteiger partial charge in [0.2, 0.25) is 0 Å². The molecule has 0 saturated carbocycles. The molecule has 1 aliphatic rings. The van der Waals surface area contributed by atoms with Gasteiger partial charge in [0.15, 0.2) is 11.2 Å². The molecule has 3 aromatic heterocycles. The van der Waals surface area contributed by atoms with E-state index in [1.165, 1.54) is 22.3 Å². The van der Waals surface area contributed by atoms with Gasteiger partial charge < -0.3 is 19.7 Å². The van der Waals surface area contributed by atoms with Crippen LogP contribution in [0, 0.1) is 0 Å². The Kier molecular flexibility index (Phi) is 7.71. The number of halogens is 3. The Bertz CT molecular complexity index is 1780. The third kappa shape index (κ3) is 5.50. The fourth-order valence-corrected chi connectivity index (χ4v) is 5.95. The maximum atomic E-state index is 14.3. The summed E-state index contributed by atoms with van der Waals surface area (Å²) >= 11 is 14.8. The molecule has 15 heteroatoms. The van der Waals surface area contributed by atoms with Crippen molar-refractivity contribution in [3.05, 3.63) is 75.9 Å². The number of thiazole rings is 1. The molecule has 0 spiro atoms. The van der Waals surface area contributed by atoms with E-state index in [0.717, 1.165) is 5.56 Å². The number of hydrogen-bond donors (Lipinski definition) is 3. The number of benzene rings is 2. The summed E-state index contributed by atoms with van der Waals surface area (Å²) in [6.07, 6.45) is 2.70. The summed E-state index contributed by atoms with van der Waals surface area (Å²) in [6, 6.07) is 7.75. The highest BCUT2D eigenvalue weighted by Gasteiger charge is 2.34. The van der Waals surface area contributed by atoms with Gasteiger partial charge in [-0.2, -0.15) is 5.10 Å². The van der Waals surface area contributed by atoms with Crippen LogP contribution in [0.25, 0.3) is 22.0 Å². The van der Waals surface area contributed by atoms with Crippen molar-refractivity contribution in [3.63, 3.8) is 0 Å². The minimum Gasteiger partial charge on any atom is -0.492 e. The van der Waals surface area contributed by atoms with Crippen LogP contribution in [-0.4, -0.2) is 60.7 Å². The van der Waals surface area contributed by atoms with Crippen LogP contribution >= 0.6 is 34.5 Å². The molecule has 3 N–H and O–H groups in total. The predicted octanol–water partition coefficient (Wildman–Crippen LogP) is 5.43. The van der Waals surface area contributed by atoms with Gasteiger partial charge in [0, 0.05) is 40.8 Å². The Balaban J connectivity index is 1.34. The maximum Gasteiger partial charge on any atom is 0.404 e. The molecule has 0 bridgehead atoms. The Hall–Kier alpha value is -4.20. The normalized spacial score (nSPS) is 15.0. The number of nitrogens with one attached hydrogen (secondary N) is 2. The Morgan fingerprint density at radius 2 is 2.05 bits per heavy atom. The molecule has 2 amide bonds. The molecule has 0 aliphatic carbocycles. The van der Waals surface area contributed by atoms with E-state index in [4.69, 9.17) is 38.1 Å².